The first kappa shape index (κ1) is 6.81. The van der Waals surface area contributed by atoms with E-state index in [1.165, 1.54) is 7.05 Å². The van der Waals surface area contributed by atoms with Gasteiger partial charge in [-0.1, -0.05) is 0 Å². The second kappa shape index (κ2) is 2.90. The summed E-state index contributed by atoms with van der Waals surface area (Å²) >= 11 is 0. The van der Waals surface area contributed by atoms with Crippen molar-refractivity contribution < 1.29 is 9.90 Å². The molecule has 0 amide bonds. The van der Waals surface area contributed by atoms with Crippen LogP contribution in [-0.4, -0.2) is 18.1 Å². The Hall–Kier alpha value is -1.19. The zero-order valence-electron chi connectivity index (χ0n) is 4.51. The lowest BCUT2D eigenvalue weighted by Crippen LogP contribution is -2.16. The third-order valence-corrected chi connectivity index (χ3v) is 0.666. The van der Waals surface area contributed by atoms with Crippen molar-refractivity contribution >= 4 is 5.97 Å². The number of hydrogen-bond donors (Lipinski definition) is 3. The van der Waals surface area contributed by atoms with Gasteiger partial charge in [0, 0.05) is 13.2 Å². The van der Waals surface area contributed by atoms with Gasteiger partial charge in [0.15, 0.2) is 0 Å². The minimum Gasteiger partial charge on any atom is -0.477 e. The van der Waals surface area contributed by atoms with Gasteiger partial charge >= 0.3 is 5.97 Å². The van der Waals surface area contributed by atoms with Crippen molar-refractivity contribution in [2.24, 2.45) is 5.73 Å². The Morgan fingerprint density at radius 3 is 2.38 bits per heavy atom. The molecule has 0 aliphatic heterocycles. The zero-order valence-corrected chi connectivity index (χ0v) is 4.51. The number of carboxylic acid groups (broad SMARTS) is 1. The van der Waals surface area contributed by atoms with Crippen molar-refractivity contribution in [2.75, 3.05) is 7.05 Å². The standard InChI is InChI=1S/C4H8N2O2/c1-6-3(2-5)4(7)8/h2,6H,5H2,1H3,(H,7,8)/b3-2-. The number of nitrogens with one attached hydrogen (secondary N) is 1. The smallest absolute Gasteiger partial charge is 0.353 e. The van der Waals surface area contributed by atoms with E-state index in [9.17, 15) is 4.79 Å². The fraction of sp³-hybridized carbons (Fsp3) is 0.250. The summed E-state index contributed by atoms with van der Waals surface area (Å²) in [7, 11) is 1.49. The molecule has 0 aromatic rings. The highest BCUT2D eigenvalue weighted by atomic mass is 16.4. The monoisotopic (exact) mass is 116 g/mol. The maximum atomic E-state index is 9.95. The van der Waals surface area contributed by atoms with E-state index in [1.807, 2.05) is 0 Å². The van der Waals surface area contributed by atoms with Crippen LogP contribution in [0.3, 0.4) is 0 Å². The van der Waals surface area contributed by atoms with Crippen LogP contribution in [0.15, 0.2) is 11.9 Å². The number of carboxylic acids is 1. The van der Waals surface area contributed by atoms with Gasteiger partial charge < -0.3 is 16.2 Å². The highest BCUT2D eigenvalue weighted by Crippen LogP contribution is 1.80. The van der Waals surface area contributed by atoms with Crippen LogP contribution in [0, 0.1) is 0 Å². The van der Waals surface area contributed by atoms with E-state index >= 15 is 0 Å². The molecule has 0 aromatic heterocycles. The molecule has 0 fully saturated rings. The summed E-state index contributed by atoms with van der Waals surface area (Å²) in [6.07, 6.45) is 1.00. The Kier molecular flexibility index (Phi) is 2.47. The van der Waals surface area contributed by atoms with E-state index in [0.717, 1.165) is 6.20 Å². The topological polar surface area (TPSA) is 75.3 Å². The maximum Gasteiger partial charge on any atom is 0.353 e. The van der Waals surface area contributed by atoms with Crippen molar-refractivity contribution in [1.29, 1.82) is 0 Å². The second-order valence-electron chi connectivity index (χ2n) is 1.14. The lowest BCUT2D eigenvalue weighted by molar-refractivity contribution is -0.133. The normalized spacial score (nSPS) is 10.9. The van der Waals surface area contributed by atoms with E-state index in [2.05, 4.69) is 5.32 Å². The Morgan fingerprint density at radius 1 is 1.88 bits per heavy atom. The number of rotatable bonds is 2. The van der Waals surface area contributed by atoms with Crippen LogP contribution < -0.4 is 11.1 Å². The highest BCUT2D eigenvalue weighted by molar-refractivity contribution is 5.85. The number of hydrogen-bond acceptors (Lipinski definition) is 3. The molecule has 4 N–H and O–H groups in total. The molecule has 46 valence electrons. The third kappa shape index (κ3) is 1.51. The molecule has 0 spiro atoms. The summed E-state index contributed by atoms with van der Waals surface area (Å²) in [4.78, 5) is 9.95. The van der Waals surface area contributed by atoms with Crippen LogP contribution in [0.5, 0.6) is 0 Å². The summed E-state index contributed by atoms with van der Waals surface area (Å²) in [6.45, 7) is 0. The molecule has 0 bridgehead atoms. The Labute approximate surface area is 47.0 Å². The van der Waals surface area contributed by atoms with Crippen molar-refractivity contribution in [3.05, 3.63) is 11.9 Å². The Morgan fingerprint density at radius 2 is 2.38 bits per heavy atom. The molecule has 0 aliphatic carbocycles. The summed E-state index contributed by atoms with van der Waals surface area (Å²) in [5, 5.41) is 10.6. The molecule has 0 unspecified atom stereocenters. The minimum absolute atomic E-state index is 0.00463. The third-order valence-electron chi connectivity index (χ3n) is 0.666. The number of carbonyl (C=O) groups is 1. The lowest BCUT2D eigenvalue weighted by atomic mass is 10.5. The lowest BCUT2D eigenvalue weighted by Gasteiger charge is -1.95. The predicted molar refractivity (Wildman–Crippen MR) is 29.0 cm³/mol. The number of nitrogens with two attached hydrogens (primary N) is 1. The molecular formula is C4H8N2O2. The van der Waals surface area contributed by atoms with Crippen LogP contribution >= 0.6 is 0 Å². The summed E-state index contributed by atoms with van der Waals surface area (Å²) < 4.78 is 0. The number of likely N-dealkylation sites (N-methyl/N-ethyl adjacent to an activating group) is 1. The maximum absolute atomic E-state index is 9.95. The van der Waals surface area contributed by atoms with Crippen molar-refractivity contribution in [3.8, 4) is 0 Å². The fourth-order valence-corrected chi connectivity index (χ4v) is 0.262. The fourth-order valence-electron chi connectivity index (χ4n) is 0.262. The first-order valence-electron chi connectivity index (χ1n) is 2.05. The molecule has 0 radical (unpaired) electrons. The molecule has 0 aliphatic rings. The molecule has 4 nitrogen and oxygen atoms in total. The first-order chi connectivity index (χ1) is 3.72. The van der Waals surface area contributed by atoms with Crippen molar-refractivity contribution in [2.45, 2.75) is 0 Å². The molecule has 4 heteroatoms. The Balaban J connectivity index is 3.92. The zero-order chi connectivity index (χ0) is 6.57. The largest absolute Gasteiger partial charge is 0.477 e. The molecule has 0 heterocycles. The molecule has 0 rings (SSSR count). The van der Waals surface area contributed by atoms with E-state index in [1.54, 1.807) is 0 Å². The molecule has 0 saturated heterocycles. The average Bonchev–Trinajstić information content (AvgIpc) is 1.69. The van der Waals surface area contributed by atoms with Gasteiger partial charge in [0.25, 0.3) is 0 Å². The van der Waals surface area contributed by atoms with Crippen LogP contribution in [-0.2, 0) is 4.79 Å². The van der Waals surface area contributed by atoms with Crippen LogP contribution in [0.2, 0.25) is 0 Å². The summed E-state index contributed by atoms with van der Waals surface area (Å²) in [5.41, 5.74) is 4.88. The van der Waals surface area contributed by atoms with Crippen LogP contribution in [0.25, 0.3) is 0 Å². The molecule has 0 atom stereocenters. The van der Waals surface area contributed by atoms with Gasteiger partial charge in [-0.15, -0.1) is 0 Å². The van der Waals surface area contributed by atoms with E-state index in [-0.39, 0.29) is 5.70 Å². The van der Waals surface area contributed by atoms with Gasteiger partial charge in [0.05, 0.1) is 0 Å². The van der Waals surface area contributed by atoms with Crippen LogP contribution in [0.1, 0.15) is 0 Å². The van der Waals surface area contributed by atoms with Crippen molar-refractivity contribution in [3.63, 3.8) is 0 Å². The Bertz CT molecular complexity index is 119. The van der Waals surface area contributed by atoms with Gasteiger partial charge in [0.1, 0.15) is 5.70 Å². The van der Waals surface area contributed by atoms with Gasteiger partial charge in [-0.25, -0.2) is 4.79 Å². The van der Waals surface area contributed by atoms with Crippen LogP contribution in [0.4, 0.5) is 0 Å². The first-order valence-corrected chi connectivity index (χ1v) is 2.05. The highest BCUT2D eigenvalue weighted by Gasteiger charge is 1.99. The predicted octanol–water partition coefficient (Wildman–Crippen LogP) is -0.909. The SMILES string of the molecule is CN/C(=C\N)C(=O)O. The average molecular weight is 116 g/mol. The second-order valence-corrected chi connectivity index (χ2v) is 1.14. The van der Waals surface area contributed by atoms with E-state index in [0.29, 0.717) is 0 Å². The number of aliphatic carboxylic acids is 1. The van der Waals surface area contributed by atoms with E-state index < -0.39 is 5.97 Å². The summed E-state index contributed by atoms with van der Waals surface area (Å²) in [5.74, 6) is -1.05. The molecule has 0 saturated carbocycles. The quantitative estimate of drug-likeness (QED) is 0.408. The van der Waals surface area contributed by atoms with Gasteiger partial charge in [-0.05, 0) is 0 Å². The van der Waals surface area contributed by atoms with E-state index in [4.69, 9.17) is 10.8 Å². The van der Waals surface area contributed by atoms with Crippen molar-refractivity contribution in [1.82, 2.24) is 5.32 Å². The van der Waals surface area contributed by atoms with Gasteiger partial charge in [-0.3, -0.25) is 0 Å². The minimum atomic E-state index is -1.05. The van der Waals surface area contributed by atoms with Gasteiger partial charge in [-0.2, -0.15) is 0 Å². The molecular weight excluding hydrogens is 108 g/mol. The van der Waals surface area contributed by atoms with Gasteiger partial charge in [0.2, 0.25) is 0 Å². The summed E-state index contributed by atoms with van der Waals surface area (Å²) in [6, 6.07) is 0. The molecule has 0 aromatic carbocycles. The molecule has 8 heavy (non-hydrogen) atoms.